The number of carbonyl (C=O) groups excluding carboxylic acids is 1. The lowest BCUT2D eigenvalue weighted by Crippen LogP contribution is -2.16. The van der Waals surface area contributed by atoms with Crippen molar-refractivity contribution in [2.45, 2.75) is 56.8 Å². The molecule has 1 atom stereocenters. The van der Waals surface area contributed by atoms with Crippen LogP contribution >= 0.6 is 11.6 Å². The zero-order valence-electron chi connectivity index (χ0n) is 11.5. The number of halogens is 1. The lowest BCUT2D eigenvalue weighted by molar-refractivity contribution is 0.0970. The first kappa shape index (κ1) is 13.6. The molecule has 0 bridgehead atoms. The summed E-state index contributed by atoms with van der Waals surface area (Å²) in [6.07, 6.45) is 7.22. The van der Waals surface area contributed by atoms with Crippen molar-refractivity contribution in [1.29, 1.82) is 5.26 Å². The fraction of sp³-hybridized carbons (Fsp3) is 0.529. The molecule has 20 heavy (non-hydrogen) atoms. The normalized spacial score (nSPS) is 23.2. The molecule has 3 heteroatoms. The highest BCUT2D eigenvalue weighted by Crippen LogP contribution is 2.41. The molecular weight excluding hydrogens is 270 g/mol. The molecule has 0 saturated heterocycles. The van der Waals surface area contributed by atoms with Crippen molar-refractivity contribution in [3.63, 3.8) is 0 Å². The predicted molar refractivity (Wildman–Crippen MR) is 79.2 cm³/mol. The molecule has 0 aromatic heterocycles. The van der Waals surface area contributed by atoms with Crippen molar-refractivity contribution in [1.82, 2.24) is 0 Å². The highest BCUT2D eigenvalue weighted by molar-refractivity contribution is 6.31. The molecule has 1 saturated carbocycles. The summed E-state index contributed by atoms with van der Waals surface area (Å²) in [5.74, 6) is 0.470. The van der Waals surface area contributed by atoms with Crippen LogP contribution in [-0.4, -0.2) is 5.78 Å². The zero-order chi connectivity index (χ0) is 14.1. The number of hydrogen-bond acceptors (Lipinski definition) is 2. The Morgan fingerprint density at radius 2 is 1.85 bits per heavy atom. The Bertz CT molecular complexity index is 581. The Kier molecular flexibility index (Phi) is 3.81. The molecule has 0 aliphatic heterocycles. The summed E-state index contributed by atoms with van der Waals surface area (Å²) in [6.45, 7) is 0. The number of ketones is 1. The second kappa shape index (κ2) is 5.58. The van der Waals surface area contributed by atoms with Crippen LogP contribution in [0, 0.1) is 11.3 Å². The average Bonchev–Trinajstić information content (AvgIpc) is 2.48. The van der Waals surface area contributed by atoms with E-state index in [1.807, 2.05) is 12.1 Å². The van der Waals surface area contributed by atoms with E-state index in [-0.39, 0.29) is 11.7 Å². The molecule has 1 aromatic carbocycles. The summed E-state index contributed by atoms with van der Waals surface area (Å²) in [5.41, 5.74) is 2.71. The molecule has 1 unspecified atom stereocenters. The molecule has 2 aliphatic carbocycles. The van der Waals surface area contributed by atoms with Gasteiger partial charge in [-0.05, 0) is 48.4 Å². The Labute approximate surface area is 124 Å². The molecule has 1 aromatic rings. The van der Waals surface area contributed by atoms with Crippen molar-refractivity contribution >= 4 is 17.4 Å². The van der Waals surface area contributed by atoms with Gasteiger partial charge >= 0.3 is 0 Å². The van der Waals surface area contributed by atoms with Crippen LogP contribution in [0.1, 0.15) is 78.3 Å². The molecule has 3 rings (SSSR count). The number of nitrogens with zero attached hydrogens (tertiary/aromatic N) is 1. The van der Waals surface area contributed by atoms with Crippen molar-refractivity contribution in [3.05, 3.63) is 33.8 Å². The number of fused-ring (bicyclic) bond motifs is 1. The maximum absolute atomic E-state index is 12.1. The minimum Gasteiger partial charge on any atom is -0.294 e. The second-order valence-electron chi connectivity index (χ2n) is 5.94. The molecule has 0 heterocycles. The number of benzene rings is 1. The first-order valence-electron chi connectivity index (χ1n) is 7.47. The van der Waals surface area contributed by atoms with Gasteiger partial charge in [0, 0.05) is 17.0 Å². The number of nitriles is 1. The fourth-order valence-electron chi connectivity index (χ4n) is 3.56. The van der Waals surface area contributed by atoms with Gasteiger partial charge in [0.2, 0.25) is 0 Å². The van der Waals surface area contributed by atoms with Crippen LogP contribution in [0.3, 0.4) is 0 Å². The Balaban J connectivity index is 2.04. The zero-order valence-corrected chi connectivity index (χ0v) is 12.2. The van der Waals surface area contributed by atoms with Gasteiger partial charge in [-0.25, -0.2) is 0 Å². The molecule has 104 valence electrons. The van der Waals surface area contributed by atoms with Crippen LogP contribution in [-0.2, 0) is 0 Å². The van der Waals surface area contributed by atoms with Gasteiger partial charge in [0.1, 0.15) is 0 Å². The fourth-order valence-corrected chi connectivity index (χ4v) is 3.89. The third kappa shape index (κ3) is 2.36. The number of rotatable bonds is 1. The van der Waals surface area contributed by atoms with E-state index in [9.17, 15) is 10.1 Å². The molecule has 2 aliphatic rings. The standard InChI is InChI=1S/C17H18ClNO/c18-16-9-13-12(10-19)6-7-17(20)15(13)8-14(16)11-4-2-1-3-5-11/h8-9,11-12H,1-7H2. The number of hydrogen-bond donors (Lipinski definition) is 0. The molecule has 0 N–H and O–H groups in total. The van der Waals surface area contributed by atoms with Crippen LogP contribution in [0.4, 0.5) is 0 Å². The lowest BCUT2D eigenvalue weighted by atomic mass is 9.78. The summed E-state index contributed by atoms with van der Waals surface area (Å²) < 4.78 is 0. The SMILES string of the molecule is N#CC1CCC(=O)c2cc(C3CCCCC3)c(Cl)cc21. The minimum atomic E-state index is -0.180. The second-order valence-corrected chi connectivity index (χ2v) is 6.35. The molecule has 0 spiro atoms. The van der Waals surface area contributed by atoms with E-state index < -0.39 is 0 Å². The summed E-state index contributed by atoms with van der Waals surface area (Å²) in [5, 5.41) is 9.97. The quantitative estimate of drug-likeness (QED) is 0.731. The van der Waals surface area contributed by atoms with E-state index in [4.69, 9.17) is 11.6 Å². The monoisotopic (exact) mass is 287 g/mol. The van der Waals surface area contributed by atoms with Crippen LogP contribution in [0.25, 0.3) is 0 Å². The third-order valence-electron chi connectivity index (χ3n) is 4.71. The highest BCUT2D eigenvalue weighted by atomic mass is 35.5. The maximum atomic E-state index is 12.1. The van der Waals surface area contributed by atoms with Gasteiger partial charge in [-0.3, -0.25) is 4.79 Å². The van der Waals surface area contributed by atoms with Crippen LogP contribution in [0.15, 0.2) is 12.1 Å². The number of carbonyl (C=O) groups is 1. The van der Waals surface area contributed by atoms with Crippen molar-refractivity contribution in [3.8, 4) is 6.07 Å². The van der Waals surface area contributed by atoms with Gasteiger partial charge < -0.3 is 0 Å². The van der Waals surface area contributed by atoms with Crippen molar-refractivity contribution in [2.24, 2.45) is 0 Å². The van der Waals surface area contributed by atoms with E-state index >= 15 is 0 Å². The summed E-state index contributed by atoms with van der Waals surface area (Å²) in [6, 6.07) is 6.16. The van der Waals surface area contributed by atoms with E-state index in [1.165, 1.54) is 19.3 Å². The van der Waals surface area contributed by atoms with Gasteiger partial charge in [0.05, 0.1) is 12.0 Å². The Morgan fingerprint density at radius 1 is 1.10 bits per heavy atom. The summed E-state index contributed by atoms with van der Waals surface area (Å²) in [7, 11) is 0. The van der Waals surface area contributed by atoms with E-state index in [0.29, 0.717) is 18.8 Å². The average molecular weight is 288 g/mol. The predicted octanol–water partition coefficient (Wildman–Crippen LogP) is 4.97. The highest BCUT2D eigenvalue weighted by Gasteiger charge is 2.28. The van der Waals surface area contributed by atoms with E-state index in [2.05, 4.69) is 6.07 Å². The van der Waals surface area contributed by atoms with Crippen molar-refractivity contribution < 1.29 is 4.79 Å². The Morgan fingerprint density at radius 3 is 2.55 bits per heavy atom. The maximum Gasteiger partial charge on any atom is 0.163 e. The van der Waals surface area contributed by atoms with Gasteiger partial charge in [-0.2, -0.15) is 5.26 Å². The number of Topliss-reactive ketones (excluding diaryl/α,β-unsaturated/α-hetero) is 1. The van der Waals surface area contributed by atoms with Crippen LogP contribution < -0.4 is 0 Å². The van der Waals surface area contributed by atoms with E-state index in [0.717, 1.165) is 34.6 Å². The van der Waals surface area contributed by atoms with Gasteiger partial charge in [0.15, 0.2) is 5.78 Å². The lowest BCUT2D eigenvalue weighted by Gasteiger charge is -2.26. The van der Waals surface area contributed by atoms with Gasteiger partial charge in [-0.15, -0.1) is 0 Å². The molecule has 0 amide bonds. The minimum absolute atomic E-state index is 0.167. The van der Waals surface area contributed by atoms with Crippen LogP contribution in [0.2, 0.25) is 5.02 Å². The van der Waals surface area contributed by atoms with Crippen LogP contribution in [0.5, 0.6) is 0 Å². The van der Waals surface area contributed by atoms with Gasteiger partial charge in [0.25, 0.3) is 0 Å². The molecular formula is C17H18ClNO. The summed E-state index contributed by atoms with van der Waals surface area (Å²) >= 11 is 6.44. The smallest absolute Gasteiger partial charge is 0.163 e. The molecule has 0 radical (unpaired) electrons. The topological polar surface area (TPSA) is 40.9 Å². The largest absolute Gasteiger partial charge is 0.294 e. The Hall–Kier alpha value is -1.33. The first-order valence-corrected chi connectivity index (χ1v) is 7.84. The van der Waals surface area contributed by atoms with Crippen molar-refractivity contribution in [2.75, 3.05) is 0 Å². The summed E-state index contributed by atoms with van der Waals surface area (Å²) in [4.78, 5) is 12.1. The third-order valence-corrected chi connectivity index (χ3v) is 5.03. The van der Waals surface area contributed by atoms with Gasteiger partial charge in [-0.1, -0.05) is 30.9 Å². The van der Waals surface area contributed by atoms with E-state index in [1.54, 1.807) is 0 Å². The first-order chi connectivity index (χ1) is 9.70. The molecule has 1 fully saturated rings. The molecule has 2 nitrogen and oxygen atoms in total.